The Morgan fingerprint density at radius 3 is 2.68 bits per heavy atom. The number of nitrogens with zero attached hydrogens (tertiary/aromatic N) is 3. The van der Waals surface area contributed by atoms with Crippen LogP contribution < -0.4 is 0 Å². The molecule has 0 radical (unpaired) electrons. The fourth-order valence-corrected chi connectivity index (χ4v) is 2.68. The molecule has 0 aliphatic heterocycles. The first-order valence-electron chi connectivity index (χ1n) is 6.20. The Hall–Kier alpha value is -1.33. The Morgan fingerprint density at radius 2 is 2.05 bits per heavy atom. The second-order valence-electron chi connectivity index (χ2n) is 5.37. The van der Waals surface area contributed by atoms with Crippen LogP contribution in [0, 0.1) is 13.8 Å². The van der Waals surface area contributed by atoms with Crippen molar-refractivity contribution in [2.45, 2.75) is 38.5 Å². The van der Waals surface area contributed by atoms with E-state index in [-0.39, 0.29) is 0 Å². The van der Waals surface area contributed by atoms with E-state index in [0.717, 1.165) is 10.8 Å². The predicted octanol–water partition coefficient (Wildman–Crippen LogP) is 2.75. The molecule has 2 aromatic rings. The Bertz CT molecular complexity index is 572. The van der Waals surface area contributed by atoms with Gasteiger partial charge in [0, 0.05) is 5.75 Å². The molecule has 0 saturated carbocycles. The van der Waals surface area contributed by atoms with Gasteiger partial charge in [0.1, 0.15) is 6.33 Å². The molecule has 0 atom stereocenters. The number of hydrogen-bond acceptors (Lipinski definition) is 4. The van der Waals surface area contributed by atoms with Crippen molar-refractivity contribution in [3.05, 3.63) is 35.7 Å². The zero-order valence-corrected chi connectivity index (χ0v) is 12.5. The molecular weight excluding hydrogens is 258 g/mol. The highest BCUT2D eigenvalue weighted by Gasteiger charge is 2.16. The zero-order chi connectivity index (χ0) is 14.0. The maximum absolute atomic E-state index is 9.79. The molecule has 1 aromatic heterocycles. The van der Waals surface area contributed by atoms with E-state index >= 15 is 0 Å². The minimum atomic E-state index is -0.718. The van der Waals surface area contributed by atoms with Gasteiger partial charge in [-0.2, -0.15) is 0 Å². The number of rotatable bonds is 4. The predicted molar refractivity (Wildman–Crippen MR) is 77.9 cm³/mol. The van der Waals surface area contributed by atoms with Crippen molar-refractivity contribution in [1.82, 2.24) is 14.8 Å². The van der Waals surface area contributed by atoms with Crippen LogP contribution in [0.3, 0.4) is 0 Å². The van der Waals surface area contributed by atoms with Gasteiger partial charge in [-0.1, -0.05) is 29.5 Å². The minimum absolute atomic E-state index is 0.580. The second-order valence-corrected chi connectivity index (χ2v) is 6.32. The minimum Gasteiger partial charge on any atom is -0.390 e. The van der Waals surface area contributed by atoms with Gasteiger partial charge >= 0.3 is 0 Å². The average Bonchev–Trinajstić information content (AvgIpc) is 2.73. The number of hydrogen-bond donors (Lipinski definition) is 1. The normalized spacial score (nSPS) is 11.8. The van der Waals surface area contributed by atoms with Crippen LogP contribution >= 0.6 is 11.8 Å². The lowest BCUT2D eigenvalue weighted by Gasteiger charge is -2.16. The summed E-state index contributed by atoms with van der Waals surface area (Å²) in [5.41, 5.74) is 2.78. The van der Waals surface area contributed by atoms with Crippen molar-refractivity contribution in [1.29, 1.82) is 0 Å². The molecule has 1 aromatic carbocycles. The largest absolute Gasteiger partial charge is 0.390 e. The number of aliphatic hydroxyl groups is 1. The van der Waals surface area contributed by atoms with Crippen molar-refractivity contribution in [3.8, 4) is 5.69 Å². The van der Waals surface area contributed by atoms with Crippen LogP contribution in [0.2, 0.25) is 0 Å². The molecule has 102 valence electrons. The third-order valence-corrected chi connectivity index (χ3v) is 4.07. The molecule has 0 aliphatic carbocycles. The highest BCUT2D eigenvalue weighted by atomic mass is 32.2. The van der Waals surface area contributed by atoms with Crippen LogP contribution in [0.4, 0.5) is 0 Å². The summed E-state index contributed by atoms with van der Waals surface area (Å²) in [4.78, 5) is 0. The maximum Gasteiger partial charge on any atom is 0.195 e. The van der Waals surface area contributed by atoms with E-state index in [1.54, 1.807) is 20.2 Å². The lowest BCUT2D eigenvalue weighted by atomic mass is 10.1. The first-order valence-corrected chi connectivity index (χ1v) is 7.18. The summed E-state index contributed by atoms with van der Waals surface area (Å²) in [6.07, 6.45) is 1.71. The Kier molecular flexibility index (Phi) is 3.96. The van der Waals surface area contributed by atoms with Gasteiger partial charge in [-0.05, 0) is 39.3 Å². The van der Waals surface area contributed by atoms with Gasteiger partial charge < -0.3 is 5.11 Å². The van der Waals surface area contributed by atoms with Gasteiger partial charge in [0.05, 0.1) is 11.3 Å². The summed E-state index contributed by atoms with van der Waals surface area (Å²) in [6.45, 7) is 7.73. The highest BCUT2D eigenvalue weighted by Crippen LogP contribution is 2.24. The van der Waals surface area contributed by atoms with Gasteiger partial charge in [-0.25, -0.2) is 0 Å². The van der Waals surface area contributed by atoms with Crippen LogP contribution in [0.25, 0.3) is 5.69 Å². The van der Waals surface area contributed by atoms with E-state index < -0.39 is 5.60 Å². The van der Waals surface area contributed by atoms with Crippen molar-refractivity contribution in [2.24, 2.45) is 0 Å². The Balaban J connectivity index is 2.28. The van der Waals surface area contributed by atoms with Crippen LogP contribution in [0.1, 0.15) is 25.0 Å². The third-order valence-electron chi connectivity index (χ3n) is 2.68. The molecule has 0 saturated heterocycles. The lowest BCUT2D eigenvalue weighted by molar-refractivity contribution is 0.107. The summed E-state index contributed by atoms with van der Waals surface area (Å²) in [7, 11) is 0. The van der Waals surface area contributed by atoms with Gasteiger partial charge in [-0.15, -0.1) is 10.2 Å². The molecule has 2 rings (SSSR count). The standard InChI is InChI=1S/C14H19N3OS/c1-10-5-6-12(11(2)7-10)17-9-15-16-13(17)19-8-14(3,4)18/h5-7,9,18H,8H2,1-4H3. The molecule has 0 unspecified atom stereocenters. The van der Waals surface area contributed by atoms with E-state index in [1.807, 2.05) is 4.57 Å². The lowest BCUT2D eigenvalue weighted by Crippen LogP contribution is -2.22. The highest BCUT2D eigenvalue weighted by molar-refractivity contribution is 7.99. The van der Waals surface area contributed by atoms with E-state index in [9.17, 15) is 5.11 Å². The molecule has 0 aliphatic rings. The number of thioether (sulfide) groups is 1. The fraction of sp³-hybridized carbons (Fsp3) is 0.429. The van der Waals surface area contributed by atoms with Crippen LogP contribution in [-0.4, -0.2) is 31.2 Å². The van der Waals surface area contributed by atoms with Gasteiger partial charge in [0.25, 0.3) is 0 Å². The van der Waals surface area contributed by atoms with Crippen molar-refractivity contribution in [3.63, 3.8) is 0 Å². The van der Waals surface area contributed by atoms with Gasteiger partial charge in [-0.3, -0.25) is 4.57 Å². The average molecular weight is 277 g/mol. The quantitative estimate of drug-likeness (QED) is 0.873. The number of aryl methyl sites for hydroxylation is 2. The molecule has 0 bridgehead atoms. The van der Waals surface area contributed by atoms with Crippen LogP contribution in [-0.2, 0) is 0 Å². The van der Waals surface area contributed by atoms with Crippen molar-refractivity contribution < 1.29 is 5.11 Å². The van der Waals surface area contributed by atoms with Crippen LogP contribution in [0.15, 0.2) is 29.7 Å². The van der Waals surface area contributed by atoms with Crippen LogP contribution in [0.5, 0.6) is 0 Å². The molecule has 0 fully saturated rings. The van der Waals surface area contributed by atoms with Gasteiger partial charge in [0.15, 0.2) is 5.16 Å². The Morgan fingerprint density at radius 1 is 1.32 bits per heavy atom. The van der Waals surface area contributed by atoms with E-state index in [1.165, 1.54) is 22.9 Å². The second kappa shape index (κ2) is 5.35. The molecular formula is C14H19N3OS. The number of aromatic nitrogens is 3. The summed E-state index contributed by atoms with van der Waals surface area (Å²) in [6, 6.07) is 6.29. The van der Waals surface area contributed by atoms with Gasteiger partial charge in [0.2, 0.25) is 0 Å². The molecule has 1 heterocycles. The zero-order valence-electron chi connectivity index (χ0n) is 11.7. The molecule has 1 N–H and O–H groups in total. The maximum atomic E-state index is 9.79. The first kappa shape index (κ1) is 14.1. The van der Waals surface area contributed by atoms with Crippen molar-refractivity contribution >= 4 is 11.8 Å². The smallest absolute Gasteiger partial charge is 0.195 e. The van der Waals surface area contributed by atoms with Crippen molar-refractivity contribution in [2.75, 3.05) is 5.75 Å². The first-order chi connectivity index (χ1) is 8.87. The molecule has 5 heteroatoms. The molecule has 0 spiro atoms. The summed E-state index contributed by atoms with van der Waals surface area (Å²) >= 11 is 1.51. The molecule has 0 amide bonds. The summed E-state index contributed by atoms with van der Waals surface area (Å²) < 4.78 is 1.96. The van der Waals surface area contributed by atoms with E-state index in [4.69, 9.17) is 0 Å². The number of benzene rings is 1. The summed E-state index contributed by atoms with van der Waals surface area (Å²) in [5.74, 6) is 0.580. The molecule has 19 heavy (non-hydrogen) atoms. The third kappa shape index (κ3) is 3.58. The monoisotopic (exact) mass is 277 g/mol. The topological polar surface area (TPSA) is 50.9 Å². The Labute approximate surface area is 117 Å². The van der Waals surface area contributed by atoms with E-state index in [0.29, 0.717) is 5.75 Å². The SMILES string of the molecule is Cc1ccc(-n2cnnc2SCC(C)(C)O)c(C)c1. The fourth-order valence-electron chi connectivity index (χ4n) is 1.80. The molecule has 4 nitrogen and oxygen atoms in total. The summed E-state index contributed by atoms with van der Waals surface area (Å²) in [5, 5.41) is 18.7. The van der Waals surface area contributed by atoms with E-state index in [2.05, 4.69) is 42.2 Å².